The Morgan fingerprint density at radius 3 is 2.88 bits per heavy atom. The molecule has 0 aliphatic rings. The average molecular weight is 395 g/mol. The highest BCUT2D eigenvalue weighted by molar-refractivity contribution is 8.03. The maximum absolute atomic E-state index is 11.6. The average Bonchev–Trinajstić information content (AvgIpc) is 3.05. The number of carbonyl (C=O) groups excluding carboxylic acids is 1. The highest BCUT2D eigenvalue weighted by Crippen LogP contribution is 2.36. The summed E-state index contributed by atoms with van der Waals surface area (Å²) in [7, 11) is 0. The van der Waals surface area contributed by atoms with Gasteiger partial charge in [0, 0.05) is 23.6 Å². The number of aromatic nitrogens is 2. The van der Waals surface area contributed by atoms with Gasteiger partial charge in [-0.3, -0.25) is 14.9 Å². The Bertz CT molecular complexity index is 818. The minimum absolute atomic E-state index is 0.0570. The zero-order chi connectivity index (χ0) is 18.2. The molecule has 11 heteroatoms. The molecule has 0 saturated carbocycles. The Balaban J connectivity index is 2.00. The largest absolute Gasteiger partial charge is 0.355 e. The molecule has 0 unspecified atom stereocenters. The van der Waals surface area contributed by atoms with Crippen molar-refractivity contribution in [3.63, 3.8) is 0 Å². The molecule has 0 aliphatic heterocycles. The van der Waals surface area contributed by atoms with E-state index in [1.54, 1.807) is 0 Å². The van der Waals surface area contributed by atoms with Crippen LogP contribution in [0, 0.1) is 21.4 Å². The molecule has 2 aromatic rings. The minimum atomic E-state index is -0.543. The number of nitro groups is 1. The molecule has 1 amide bonds. The Morgan fingerprint density at radius 2 is 2.20 bits per heavy atom. The second-order valence-electron chi connectivity index (χ2n) is 4.62. The first-order chi connectivity index (χ1) is 12.0. The Labute approximate surface area is 156 Å². The third-order valence-corrected chi connectivity index (χ3v) is 5.96. The van der Waals surface area contributed by atoms with Crippen LogP contribution in [-0.2, 0) is 4.79 Å². The smallest absolute Gasteiger partial charge is 0.270 e. The summed E-state index contributed by atoms with van der Waals surface area (Å²) in [4.78, 5) is 22.4. The second-order valence-corrected chi connectivity index (χ2v) is 8.11. The Morgan fingerprint density at radius 1 is 1.44 bits per heavy atom. The van der Waals surface area contributed by atoms with Crippen LogP contribution in [0.25, 0.3) is 0 Å². The van der Waals surface area contributed by atoms with Crippen molar-refractivity contribution in [2.75, 3.05) is 12.3 Å². The molecule has 2 rings (SSSR count). The molecule has 8 nitrogen and oxygen atoms in total. The van der Waals surface area contributed by atoms with Crippen molar-refractivity contribution in [1.29, 1.82) is 5.26 Å². The lowest BCUT2D eigenvalue weighted by Crippen LogP contribution is -2.25. The lowest BCUT2D eigenvalue weighted by atomic mass is 10.2. The lowest BCUT2D eigenvalue weighted by molar-refractivity contribution is -0.384. The Hall–Kier alpha value is -2.16. The number of thioether (sulfide) groups is 1. The van der Waals surface area contributed by atoms with Crippen molar-refractivity contribution in [2.24, 2.45) is 0 Å². The van der Waals surface area contributed by atoms with E-state index < -0.39 is 4.92 Å². The van der Waals surface area contributed by atoms with Gasteiger partial charge < -0.3 is 5.32 Å². The van der Waals surface area contributed by atoms with Crippen LogP contribution in [0.2, 0.25) is 0 Å². The number of nitrogens with zero attached hydrogens (tertiary/aromatic N) is 4. The highest BCUT2D eigenvalue weighted by Gasteiger charge is 2.14. The predicted molar refractivity (Wildman–Crippen MR) is 95.9 cm³/mol. The van der Waals surface area contributed by atoms with Gasteiger partial charge in [-0.2, -0.15) is 5.26 Å². The molecule has 0 atom stereocenters. The summed E-state index contributed by atoms with van der Waals surface area (Å²) in [5.41, 5.74) is 0.0787. The first kappa shape index (κ1) is 19.2. The highest BCUT2D eigenvalue weighted by atomic mass is 32.2. The fraction of sp³-hybridized carbons (Fsp3) is 0.286. The number of hydrogen-bond donors (Lipinski definition) is 1. The maximum Gasteiger partial charge on any atom is 0.270 e. The quantitative estimate of drug-likeness (QED) is 0.411. The number of carbonyl (C=O) groups is 1. The maximum atomic E-state index is 11.6. The van der Waals surface area contributed by atoms with E-state index in [1.165, 1.54) is 53.1 Å². The first-order valence-electron chi connectivity index (χ1n) is 7.13. The monoisotopic (exact) mass is 395 g/mol. The van der Waals surface area contributed by atoms with Crippen molar-refractivity contribution in [3.8, 4) is 6.07 Å². The molecular weight excluding hydrogens is 382 g/mol. The van der Waals surface area contributed by atoms with Crippen molar-refractivity contribution < 1.29 is 9.72 Å². The third kappa shape index (κ3) is 5.70. The molecule has 1 heterocycles. The standard InChI is InChI=1S/C14H13N5O3S3/c1-2-5-16-12(20)8-23-13-17-18-14(25-13)24-11-4-3-10(19(21)22)6-9(11)7-15/h3-4,6H,2,5,8H2,1H3,(H,16,20). The molecule has 0 radical (unpaired) electrons. The number of nitriles is 1. The van der Waals surface area contributed by atoms with Crippen LogP contribution in [0.3, 0.4) is 0 Å². The molecular formula is C14H13N5O3S3. The number of hydrogen-bond acceptors (Lipinski definition) is 9. The van der Waals surface area contributed by atoms with Crippen molar-refractivity contribution in [3.05, 3.63) is 33.9 Å². The summed E-state index contributed by atoms with van der Waals surface area (Å²) in [5.74, 6) is 0.207. The summed E-state index contributed by atoms with van der Waals surface area (Å²) in [6.45, 7) is 2.63. The summed E-state index contributed by atoms with van der Waals surface area (Å²) < 4.78 is 1.25. The zero-order valence-electron chi connectivity index (χ0n) is 13.1. The number of non-ortho nitro benzene ring substituents is 1. The first-order valence-corrected chi connectivity index (χ1v) is 9.74. The molecule has 130 valence electrons. The summed E-state index contributed by atoms with van der Waals surface area (Å²) in [6, 6.07) is 6.05. The number of rotatable bonds is 8. The van der Waals surface area contributed by atoms with Crippen LogP contribution >= 0.6 is 34.9 Å². The van der Waals surface area contributed by atoms with E-state index >= 15 is 0 Å². The van der Waals surface area contributed by atoms with Crippen molar-refractivity contribution in [2.45, 2.75) is 26.9 Å². The lowest BCUT2D eigenvalue weighted by Gasteiger charge is -2.01. The van der Waals surface area contributed by atoms with E-state index in [2.05, 4.69) is 15.5 Å². The van der Waals surface area contributed by atoms with Gasteiger partial charge in [0.1, 0.15) is 6.07 Å². The van der Waals surface area contributed by atoms with Crippen LogP contribution < -0.4 is 5.32 Å². The Kier molecular flexibility index (Phi) is 7.17. The van der Waals surface area contributed by atoms with Crippen LogP contribution in [0.1, 0.15) is 18.9 Å². The molecule has 25 heavy (non-hydrogen) atoms. The van der Waals surface area contributed by atoms with Crippen LogP contribution in [0.4, 0.5) is 5.69 Å². The summed E-state index contributed by atoms with van der Waals surface area (Å²) >= 11 is 3.81. The topological polar surface area (TPSA) is 122 Å². The molecule has 1 aromatic carbocycles. The van der Waals surface area contributed by atoms with Gasteiger partial charge in [0.2, 0.25) is 5.91 Å². The number of amides is 1. The minimum Gasteiger partial charge on any atom is -0.355 e. The zero-order valence-corrected chi connectivity index (χ0v) is 15.5. The number of nitro benzene ring substituents is 1. The van der Waals surface area contributed by atoms with E-state index in [0.29, 0.717) is 20.1 Å². The summed E-state index contributed by atoms with van der Waals surface area (Å²) in [6.07, 6.45) is 0.881. The van der Waals surface area contributed by atoms with Gasteiger partial charge in [0.25, 0.3) is 5.69 Å². The van der Waals surface area contributed by atoms with Gasteiger partial charge in [-0.25, -0.2) is 0 Å². The fourth-order valence-corrected chi connectivity index (χ4v) is 4.51. The van der Waals surface area contributed by atoms with Gasteiger partial charge in [-0.1, -0.05) is 41.8 Å². The van der Waals surface area contributed by atoms with Gasteiger partial charge in [0.05, 0.1) is 16.2 Å². The molecule has 1 N–H and O–H groups in total. The van der Waals surface area contributed by atoms with E-state index in [-0.39, 0.29) is 22.9 Å². The number of benzene rings is 1. The SMILES string of the molecule is CCCNC(=O)CSc1nnc(Sc2ccc([N+](=O)[O-])cc2C#N)s1. The third-order valence-electron chi connectivity index (χ3n) is 2.78. The molecule has 1 aromatic heterocycles. The number of nitrogens with one attached hydrogen (secondary N) is 1. The van der Waals surface area contributed by atoms with Gasteiger partial charge >= 0.3 is 0 Å². The van der Waals surface area contributed by atoms with Gasteiger partial charge in [-0.15, -0.1) is 10.2 Å². The molecule has 0 fully saturated rings. The van der Waals surface area contributed by atoms with Gasteiger partial charge in [-0.05, 0) is 12.5 Å². The van der Waals surface area contributed by atoms with E-state index in [9.17, 15) is 14.9 Å². The van der Waals surface area contributed by atoms with Crippen molar-refractivity contribution in [1.82, 2.24) is 15.5 Å². The van der Waals surface area contributed by atoms with Crippen LogP contribution in [-0.4, -0.2) is 33.3 Å². The van der Waals surface area contributed by atoms with Gasteiger partial charge in [0.15, 0.2) is 8.68 Å². The second kappa shape index (κ2) is 9.36. The van der Waals surface area contributed by atoms with E-state index in [0.717, 1.165) is 6.42 Å². The molecule has 0 aliphatic carbocycles. The normalized spacial score (nSPS) is 10.2. The van der Waals surface area contributed by atoms with Crippen LogP contribution in [0.15, 0.2) is 31.8 Å². The summed E-state index contributed by atoms with van der Waals surface area (Å²) in [5, 5.41) is 30.7. The van der Waals surface area contributed by atoms with Crippen molar-refractivity contribution >= 4 is 46.5 Å². The van der Waals surface area contributed by atoms with Crippen LogP contribution in [0.5, 0.6) is 0 Å². The molecule has 0 spiro atoms. The van der Waals surface area contributed by atoms with E-state index in [1.807, 2.05) is 13.0 Å². The molecule has 0 bridgehead atoms. The van der Waals surface area contributed by atoms with E-state index in [4.69, 9.17) is 5.26 Å². The predicted octanol–water partition coefficient (Wildman–Crippen LogP) is 3.09. The fourth-order valence-electron chi connectivity index (χ4n) is 1.64. The molecule has 0 saturated heterocycles.